The summed E-state index contributed by atoms with van der Waals surface area (Å²) in [5.74, 6) is 1.04. The fourth-order valence-corrected chi connectivity index (χ4v) is 3.54. The molecule has 0 atom stereocenters. The van der Waals surface area contributed by atoms with Crippen molar-refractivity contribution in [2.75, 3.05) is 10.6 Å². The van der Waals surface area contributed by atoms with Crippen LogP contribution in [-0.2, 0) is 0 Å². The first-order valence-corrected chi connectivity index (χ1v) is 10.6. The number of hydrogen-bond donors (Lipinski definition) is 2. The van der Waals surface area contributed by atoms with Gasteiger partial charge in [0.1, 0.15) is 5.82 Å². The molecule has 0 bridgehead atoms. The highest BCUT2D eigenvalue weighted by Gasteiger charge is 2.11. The number of rotatable bonds is 6. The molecule has 34 heavy (non-hydrogen) atoms. The molecule has 4 rings (SSSR count). The Labute approximate surface area is 198 Å². The molecule has 0 amide bonds. The first-order chi connectivity index (χ1) is 16.6. The van der Waals surface area contributed by atoms with Crippen LogP contribution in [0.1, 0.15) is 22.3 Å². The van der Waals surface area contributed by atoms with E-state index in [0.717, 1.165) is 33.6 Å². The molecular formula is C27H21N7. The second-order valence-corrected chi connectivity index (χ2v) is 7.64. The van der Waals surface area contributed by atoms with E-state index in [4.69, 9.17) is 10.5 Å². The summed E-state index contributed by atoms with van der Waals surface area (Å²) in [6, 6.07) is 21.0. The SMILES string of the molecule is Cc1cc(/C=C/C#N)cc(C)c1Nc1cc(-c2cccnc2)nc(Nc2ccc(C#N)cc2)n1. The van der Waals surface area contributed by atoms with Crippen molar-refractivity contribution in [3.05, 3.63) is 95.3 Å². The fraction of sp³-hybridized carbons (Fsp3) is 0.0741. The molecule has 0 aliphatic heterocycles. The molecule has 2 aromatic carbocycles. The van der Waals surface area contributed by atoms with Gasteiger partial charge in [0, 0.05) is 41.5 Å². The molecule has 0 aliphatic rings. The topological polar surface area (TPSA) is 110 Å². The van der Waals surface area contributed by atoms with Gasteiger partial charge in [-0.3, -0.25) is 4.98 Å². The van der Waals surface area contributed by atoms with E-state index in [1.165, 1.54) is 6.08 Å². The number of benzene rings is 2. The van der Waals surface area contributed by atoms with E-state index >= 15 is 0 Å². The van der Waals surface area contributed by atoms with Crippen LogP contribution in [-0.4, -0.2) is 15.0 Å². The van der Waals surface area contributed by atoms with Crippen LogP contribution in [0.15, 0.2) is 73.1 Å². The van der Waals surface area contributed by atoms with Crippen molar-refractivity contribution in [3.8, 4) is 23.4 Å². The lowest BCUT2D eigenvalue weighted by atomic mass is 10.0. The highest BCUT2D eigenvalue weighted by atomic mass is 15.1. The summed E-state index contributed by atoms with van der Waals surface area (Å²) in [6.07, 6.45) is 6.72. The van der Waals surface area contributed by atoms with Crippen LogP contribution in [0.2, 0.25) is 0 Å². The molecule has 0 aliphatic carbocycles. The summed E-state index contributed by atoms with van der Waals surface area (Å²) in [4.78, 5) is 13.5. The Bertz CT molecular complexity index is 1400. The zero-order chi connectivity index (χ0) is 23.9. The molecule has 0 radical (unpaired) electrons. The molecule has 2 heterocycles. The van der Waals surface area contributed by atoms with Crippen molar-refractivity contribution >= 4 is 29.2 Å². The number of aromatic nitrogens is 3. The summed E-state index contributed by atoms with van der Waals surface area (Å²) >= 11 is 0. The van der Waals surface area contributed by atoms with Crippen molar-refractivity contribution in [1.29, 1.82) is 10.5 Å². The van der Waals surface area contributed by atoms with Gasteiger partial charge in [-0.1, -0.05) is 0 Å². The lowest BCUT2D eigenvalue weighted by Gasteiger charge is -2.15. The largest absolute Gasteiger partial charge is 0.340 e. The first-order valence-electron chi connectivity index (χ1n) is 10.6. The van der Waals surface area contributed by atoms with Crippen LogP contribution >= 0.6 is 0 Å². The van der Waals surface area contributed by atoms with E-state index in [1.807, 2.05) is 62.4 Å². The van der Waals surface area contributed by atoms with Crippen LogP contribution in [0.25, 0.3) is 17.3 Å². The van der Waals surface area contributed by atoms with Gasteiger partial charge in [0.05, 0.1) is 23.4 Å². The monoisotopic (exact) mass is 443 g/mol. The summed E-state index contributed by atoms with van der Waals surface area (Å²) in [5, 5.41) is 24.5. The maximum atomic E-state index is 9.03. The standard InChI is InChI=1S/C27H21N7/c1-18-13-21(5-3-11-28)14-19(2)26(18)33-25-15-24(22-6-4-12-30-17-22)32-27(34-25)31-23-9-7-20(16-29)8-10-23/h3-10,12-15,17H,1-2H3,(H2,31,32,33,34)/b5-3+. The highest BCUT2D eigenvalue weighted by Crippen LogP contribution is 2.29. The van der Waals surface area contributed by atoms with Crippen molar-refractivity contribution in [3.63, 3.8) is 0 Å². The van der Waals surface area contributed by atoms with Crippen molar-refractivity contribution in [2.24, 2.45) is 0 Å². The number of hydrogen-bond acceptors (Lipinski definition) is 7. The van der Waals surface area contributed by atoms with Crippen LogP contribution in [0.3, 0.4) is 0 Å². The zero-order valence-electron chi connectivity index (χ0n) is 18.7. The average molecular weight is 444 g/mol. The minimum Gasteiger partial charge on any atom is -0.340 e. The highest BCUT2D eigenvalue weighted by molar-refractivity contribution is 5.72. The number of nitrogens with one attached hydrogen (secondary N) is 2. The number of pyridine rings is 1. The van der Waals surface area contributed by atoms with Crippen LogP contribution in [0.4, 0.5) is 23.1 Å². The lowest BCUT2D eigenvalue weighted by Crippen LogP contribution is -2.04. The van der Waals surface area contributed by atoms with Gasteiger partial charge in [-0.15, -0.1) is 0 Å². The predicted molar refractivity (Wildman–Crippen MR) is 134 cm³/mol. The van der Waals surface area contributed by atoms with Crippen LogP contribution in [0, 0.1) is 36.5 Å². The number of aryl methyl sites for hydroxylation is 2. The Morgan fingerprint density at radius 2 is 1.68 bits per heavy atom. The molecular weight excluding hydrogens is 422 g/mol. The van der Waals surface area contributed by atoms with E-state index in [1.54, 1.807) is 30.6 Å². The normalized spacial score (nSPS) is 10.5. The minimum atomic E-state index is 0.414. The minimum absolute atomic E-state index is 0.414. The van der Waals surface area contributed by atoms with E-state index in [-0.39, 0.29) is 0 Å². The van der Waals surface area contributed by atoms with E-state index < -0.39 is 0 Å². The van der Waals surface area contributed by atoms with Crippen molar-refractivity contribution < 1.29 is 0 Å². The Kier molecular flexibility index (Phi) is 6.58. The molecule has 0 saturated carbocycles. The van der Waals surface area contributed by atoms with Crippen LogP contribution < -0.4 is 10.6 Å². The molecule has 2 aromatic heterocycles. The molecule has 0 unspecified atom stereocenters. The van der Waals surface area contributed by atoms with Gasteiger partial charge in [0.25, 0.3) is 0 Å². The molecule has 164 valence electrons. The average Bonchev–Trinajstić information content (AvgIpc) is 2.86. The van der Waals surface area contributed by atoms with Gasteiger partial charge in [0.2, 0.25) is 5.95 Å². The van der Waals surface area contributed by atoms with E-state index in [2.05, 4.69) is 31.7 Å². The Balaban J connectivity index is 1.72. The van der Waals surface area contributed by atoms with Crippen molar-refractivity contribution in [2.45, 2.75) is 13.8 Å². The van der Waals surface area contributed by atoms with Crippen molar-refractivity contribution in [1.82, 2.24) is 15.0 Å². The quantitative estimate of drug-likeness (QED) is 0.349. The first kappa shape index (κ1) is 22.2. The van der Waals surface area contributed by atoms with Gasteiger partial charge in [-0.05, 0) is 85.1 Å². The third kappa shape index (κ3) is 5.24. The number of nitriles is 2. The third-order valence-electron chi connectivity index (χ3n) is 5.11. The number of nitrogens with zero attached hydrogens (tertiary/aromatic N) is 5. The third-order valence-corrected chi connectivity index (χ3v) is 5.11. The molecule has 4 aromatic rings. The van der Waals surface area contributed by atoms with Gasteiger partial charge in [-0.25, -0.2) is 4.98 Å². The van der Waals surface area contributed by atoms with E-state index in [9.17, 15) is 0 Å². The maximum absolute atomic E-state index is 9.03. The summed E-state index contributed by atoms with van der Waals surface area (Å²) in [7, 11) is 0. The smallest absolute Gasteiger partial charge is 0.229 e. The molecule has 7 nitrogen and oxygen atoms in total. The molecule has 0 spiro atoms. The summed E-state index contributed by atoms with van der Waals surface area (Å²) in [5.41, 5.74) is 6.89. The van der Waals surface area contributed by atoms with Crippen LogP contribution in [0.5, 0.6) is 0 Å². The second-order valence-electron chi connectivity index (χ2n) is 7.64. The van der Waals surface area contributed by atoms with Gasteiger partial charge in [-0.2, -0.15) is 15.5 Å². The molecule has 0 fully saturated rings. The zero-order valence-corrected chi connectivity index (χ0v) is 18.7. The molecule has 0 saturated heterocycles. The number of anilines is 4. The Morgan fingerprint density at radius 1 is 0.912 bits per heavy atom. The lowest BCUT2D eigenvalue weighted by molar-refractivity contribution is 1.16. The number of allylic oxidation sites excluding steroid dienone is 1. The Morgan fingerprint density at radius 3 is 2.32 bits per heavy atom. The fourth-order valence-electron chi connectivity index (χ4n) is 3.54. The summed E-state index contributed by atoms with van der Waals surface area (Å²) in [6.45, 7) is 4.02. The maximum Gasteiger partial charge on any atom is 0.229 e. The van der Waals surface area contributed by atoms with Gasteiger partial charge in [0.15, 0.2) is 0 Å². The molecule has 7 heteroatoms. The van der Waals surface area contributed by atoms with E-state index in [0.29, 0.717) is 23.0 Å². The van der Waals surface area contributed by atoms with Gasteiger partial charge < -0.3 is 10.6 Å². The summed E-state index contributed by atoms with van der Waals surface area (Å²) < 4.78 is 0. The molecule has 2 N–H and O–H groups in total. The van der Waals surface area contributed by atoms with Gasteiger partial charge >= 0.3 is 0 Å². The second kappa shape index (κ2) is 10.1. The Hall–Kier alpha value is -5.01. The predicted octanol–water partition coefficient (Wildman–Crippen LogP) is 6.05.